The van der Waals surface area contributed by atoms with Gasteiger partial charge >= 0.3 is 12.0 Å². The van der Waals surface area contributed by atoms with Gasteiger partial charge < -0.3 is 15.0 Å². The van der Waals surface area contributed by atoms with Crippen molar-refractivity contribution in [2.45, 2.75) is 26.8 Å². The molecule has 2 aromatic rings. The average Bonchev–Trinajstić information content (AvgIpc) is 2.98. The molecule has 0 saturated heterocycles. The van der Waals surface area contributed by atoms with Crippen LogP contribution in [0.2, 0.25) is 0 Å². The Morgan fingerprint density at radius 1 is 1.29 bits per heavy atom. The van der Waals surface area contributed by atoms with E-state index in [0.717, 1.165) is 17.1 Å². The van der Waals surface area contributed by atoms with Gasteiger partial charge in [-0.25, -0.2) is 14.6 Å². The van der Waals surface area contributed by atoms with E-state index in [-0.39, 0.29) is 12.0 Å². The molecule has 2 rings (SSSR count). The van der Waals surface area contributed by atoms with Crippen LogP contribution in [0.3, 0.4) is 0 Å². The SMILES string of the molecule is CCCOC(=O)c1ccc(NC(=O)N(C)Cc2csc(C)n2)cc1. The summed E-state index contributed by atoms with van der Waals surface area (Å²) in [6.07, 6.45) is 0.782. The molecule has 0 fully saturated rings. The summed E-state index contributed by atoms with van der Waals surface area (Å²) in [4.78, 5) is 29.8. The van der Waals surface area contributed by atoms with E-state index in [1.165, 1.54) is 0 Å². The van der Waals surface area contributed by atoms with E-state index in [9.17, 15) is 9.59 Å². The summed E-state index contributed by atoms with van der Waals surface area (Å²) in [5.41, 5.74) is 1.95. The number of aromatic nitrogens is 1. The highest BCUT2D eigenvalue weighted by atomic mass is 32.1. The van der Waals surface area contributed by atoms with Crippen LogP contribution in [0, 0.1) is 6.92 Å². The summed E-state index contributed by atoms with van der Waals surface area (Å²) in [5.74, 6) is -0.356. The molecule has 0 aliphatic rings. The van der Waals surface area contributed by atoms with Crippen LogP contribution >= 0.6 is 11.3 Å². The van der Waals surface area contributed by atoms with Crippen molar-refractivity contribution >= 4 is 29.0 Å². The number of amides is 2. The number of hydrogen-bond donors (Lipinski definition) is 1. The van der Waals surface area contributed by atoms with E-state index in [0.29, 0.717) is 24.4 Å². The number of aryl methyl sites for hydroxylation is 1. The van der Waals surface area contributed by atoms with Gasteiger partial charge in [0.05, 0.1) is 29.4 Å². The topological polar surface area (TPSA) is 71.5 Å². The van der Waals surface area contributed by atoms with Crippen LogP contribution in [0.5, 0.6) is 0 Å². The normalized spacial score (nSPS) is 10.3. The number of benzene rings is 1. The molecule has 0 bridgehead atoms. The number of carbonyl (C=O) groups excluding carboxylic acids is 2. The van der Waals surface area contributed by atoms with Crippen LogP contribution < -0.4 is 5.32 Å². The molecule has 1 aromatic carbocycles. The van der Waals surface area contributed by atoms with Crippen molar-refractivity contribution in [3.63, 3.8) is 0 Å². The molecule has 0 radical (unpaired) electrons. The lowest BCUT2D eigenvalue weighted by atomic mass is 10.2. The third-order valence-corrected chi connectivity index (χ3v) is 4.04. The number of urea groups is 1. The van der Waals surface area contributed by atoms with Gasteiger partial charge in [0, 0.05) is 18.1 Å². The van der Waals surface area contributed by atoms with Crippen LogP contribution in [0.4, 0.5) is 10.5 Å². The maximum atomic E-state index is 12.2. The number of esters is 1. The van der Waals surface area contributed by atoms with E-state index < -0.39 is 0 Å². The minimum absolute atomic E-state index is 0.234. The molecule has 7 heteroatoms. The second kappa shape index (κ2) is 8.44. The largest absolute Gasteiger partial charge is 0.462 e. The first-order valence-corrected chi connectivity index (χ1v) is 8.58. The molecule has 0 aliphatic heterocycles. The Bertz CT molecular complexity index is 697. The first kappa shape index (κ1) is 17.9. The molecule has 0 atom stereocenters. The van der Waals surface area contributed by atoms with Gasteiger partial charge in [-0.3, -0.25) is 0 Å². The lowest BCUT2D eigenvalue weighted by molar-refractivity contribution is 0.0505. The van der Waals surface area contributed by atoms with Crippen LogP contribution in [0.25, 0.3) is 0 Å². The minimum atomic E-state index is -0.356. The van der Waals surface area contributed by atoms with Gasteiger partial charge in [0.15, 0.2) is 0 Å². The third-order valence-electron chi connectivity index (χ3n) is 3.22. The lowest BCUT2D eigenvalue weighted by Gasteiger charge is -2.17. The van der Waals surface area contributed by atoms with Crippen LogP contribution in [-0.2, 0) is 11.3 Å². The number of carbonyl (C=O) groups is 2. The number of nitrogens with one attached hydrogen (secondary N) is 1. The zero-order valence-corrected chi connectivity index (χ0v) is 14.9. The van der Waals surface area contributed by atoms with Gasteiger partial charge in [0.1, 0.15) is 0 Å². The number of thiazole rings is 1. The first-order valence-electron chi connectivity index (χ1n) is 7.70. The van der Waals surface area contributed by atoms with E-state index >= 15 is 0 Å². The summed E-state index contributed by atoms with van der Waals surface area (Å²) in [6, 6.07) is 6.40. The van der Waals surface area contributed by atoms with Gasteiger partial charge in [0.25, 0.3) is 0 Å². The Kier molecular flexibility index (Phi) is 6.31. The molecule has 2 amide bonds. The van der Waals surface area contributed by atoms with Crippen molar-refractivity contribution in [1.29, 1.82) is 0 Å². The van der Waals surface area contributed by atoms with Gasteiger partial charge in [-0.1, -0.05) is 6.92 Å². The van der Waals surface area contributed by atoms with E-state index in [1.807, 2.05) is 19.2 Å². The molecular formula is C17H21N3O3S. The minimum Gasteiger partial charge on any atom is -0.462 e. The molecule has 0 spiro atoms. The number of anilines is 1. The highest BCUT2D eigenvalue weighted by molar-refractivity contribution is 7.09. The monoisotopic (exact) mass is 347 g/mol. The van der Waals surface area contributed by atoms with E-state index in [2.05, 4.69) is 10.3 Å². The number of nitrogens with zero attached hydrogens (tertiary/aromatic N) is 2. The Labute approximate surface area is 145 Å². The van der Waals surface area contributed by atoms with Crippen molar-refractivity contribution in [1.82, 2.24) is 9.88 Å². The number of hydrogen-bond acceptors (Lipinski definition) is 5. The van der Waals surface area contributed by atoms with E-state index in [4.69, 9.17) is 4.74 Å². The summed E-state index contributed by atoms with van der Waals surface area (Å²) >= 11 is 1.56. The zero-order chi connectivity index (χ0) is 17.5. The second-order valence-corrected chi connectivity index (χ2v) is 6.42. The Morgan fingerprint density at radius 3 is 2.58 bits per heavy atom. The predicted molar refractivity (Wildman–Crippen MR) is 94.4 cm³/mol. The number of ether oxygens (including phenoxy) is 1. The highest BCUT2D eigenvalue weighted by Crippen LogP contribution is 2.13. The quantitative estimate of drug-likeness (QED) is 0.809. The maximum absolute atomic E-state index is 12.2. The summed E-state index contributed by atoms with van der Waals surface area (Å²) in [5, 5.41) is 5.71. The average molecular weight is 347 g/mol. The van der Waals surface area contributed by atoms with Crippen LogP contribution in [0.15, 0.2) is 29.6 Å². The van der Waals surface area contributed by atoms with Gasteiger partial charge in [0.2, 0.25) is 0 Å². The summed E-state index contributed by atoms with van der Waals surface area (Å²) in [6.45, 7) is 4.71. The molecule has 0 unspecified atom stereocenters. The predicted octanol–water partition coefficient (Wildman–Crippen LogP) is 3.68. The molecule has 128 valence electrons. The molecule has 1 N–H and O–H groups in total. The van der Waals surface area contributed by atoms with Crippen LogP contribution in [-0.4, -0.2) is 35.5 Å². The van der Waals surface area contributed by atoms with Crippen molar-refractivity contribution < 1.29 is 14.3 Å². The lowest BCUT2D eigenvalue weighted by Crippen LogP contribution is -2.30. The number of rotatable bonds is 6. The molecule has 0 aliphatic carbocycles. The molecule has 24 heavy (non-hydrogen) atoms. The third kappa shape index (κ3) is 5.06. The molecule has 0 saturated carbocycles. The molecule has 1 heterocycles. The van der Waals surface area contributed by atoms with Gasteiger partial charge in [-0.2, -0.15) is 0 Å². The first-order chi connectivity index (χ1) is 11.5. The van der Waals surface area contributed by atoms with Crippen molar-refractivity contribution in [2.24, 2.45) is 0 Å². The second-order valence-electron chi connectivity index (χ2n) is 5.36. The Morgan fingerprint density at radius 2 is 2.00 bits per heavy atom. The maximum Gasteiger partial charge on any atom is 0.338 e. The fourth-order valence-electron chi connectivity index (χ4n) is 1.98. The van der Waals surface area contributed by atoms with Crippen molar-refractivity contribution in [3.8, 4) is 0 Å². The summed E-state index contributed by atoms with van der Waals surface area (Å²) in [7, 11) is 1.71. The standard InChI is InChI=1S/C17H21N3O3S/c1-4-9-23-16(21)13-5-7-14(8-6-13)19-17(22)20(3)10-15-11-24-12(2)18-15/h5-8,11H,4,9-10H2,1-3H3,(H,19,22). The fourth-order valence-corrected chi connectivity index (χ4v) is 2.59. The fraction of sp³-hybridized carbons (Fsp3) is 0.353. The molecular weight excluding hydrogens is 326 g/mol. The van der Waals surface area contributed by atoms with Crippen molar-refractivity contribution in [3.05, 3.63) is 45.9 Å². The van der Waals surface area contributed by atoms with Gasteiger partial charge in [-0.15, -0.1) is 11.3 Å². The zero-order valence-electron chi connectivity index (χ0n) is 14.0. The Balaban J connectivity index is 1.90. The molecule has 1 aromatic heterocycles. The highest BCUT2D eigenvalue weighted by Gasteiger charge is 2.12. The smallest absolute Gasteiger partial charge is 0.338 e. The van der Waals surface area contributed by atoms with E-state index in [1.54, 1.807) is 47.5 Å². The molecule has 6 nitrogen and oxygen atoms in total. The van der Waals surface area contributed by atoms with Crippen LogP contribution in [0.1, 0.15) is 34.4 Å². The summed E-state index contributed by atoms with van der Waals surface area (Å²) < 4.78 is 5.06. The van der Waals surface area contributed by atoms with Gasteiger partial charge in [-0.05, 0) is 37.6 Å². The Hall–Kier alpha value is -2.41. The van der Waals surface area contributed by atoms with Crippen molar-refractivity contribution in [2.75, 3.05) is 19.0 Å².